The van der Waals surface area contributed by atoms with E-state index in [1.807, 2.05) is 51.1 Å². The Kier molecular flexibility index (Phi) is 11.2. The molecule has 0 radical (unpaired) electrons. The zero-order chi connectivity index (χ0) is 32.8. The van der Waals surface area contributed by atoms with E-state index in [-0.39, 0.29) is 49.3 Å². The fourth-order valence-corrected chi connectivity index (χ4v) is 7.36. The van der Waals surface area contributed by atoms with Crippen LogP contribution in [0.1, 0.15) is 47.6 Å². The summed E-state index contributed by atoms with van der Waals surface area (Å²) in [5.41, 5.74) is 3.77. The van der Waals surface area contributed by atoms with E-state index in [4.69, 9.17) is 21.1 Å². The third-order valence-corrected chi connectivity index (χ3v) is 10.4. The first-order chi connectivity index (χ1) is 21.3. The van der Waals surface area contributed by atoms with Gasteiger partial charge in [-0.15, -0.1) is 0 Å². The van der Waals surface area contributed by atoms with Crippen LogP contribution >= 0.6 is 11.6 Å². The van der Waals surface area contributed by atoms with Crippen LogP contribution in [0.25, 0.3) is 0 Å². The average Bonchev–Trinajstić information content (AvgIpc) is 2.98. The van der Waals surface area contributed by atoms with Gasteiger partial charge in [-0.25, -0.2) is 8.42 Å². The SMILES string of the molecule is COc1ccc(CCS(=O)(=O)CCCN(Cc2ccc(Cl)cc2)C(=O)C2(C)CCN2C(=O)Cc2cc(C)cc(C)c2)c(OC)c1. The largest absolute Gasteiger partial charge is 0.497 e. The zero-order valence-corrected chi connectivity index (χ0v) is 28.3. The Labute approximate surface area is 272 Å². The van der Waals surface area contributed by atoms with Crippen molar-refractivity contribution in [1.82, 2.24) is 9.80 Å². The molecule has 1 atom stereocenters. The number of likely N-dealkylation sites (tertiary alicyclic amines) is 1. The van der Waals surface area contributed by atoms with Gasteiger partial charge in [0.05, 0.1) is 32.1 Å². The second-order valence-electron chi connectivity index (χ2n) is 12.0. The first-order valence-corrected chi connectivity index (χ1v) is 17.4. The Morgan fingerprint density at radius 1 is 0.933 bits per heavy atom. The van der Waals surface area contributed by atoms with Crippen molar-refractivity contribution in [3.8, 4) is 11.5 Å². The lowest BCUT2D eigenvalue weighted by Gasteiger charge is -2.51. The van der Waals surface area contributed by atoms with Crippen LogP contribution in [0.2, 0.25) is 5.02 Å². The topological polar surface area (TPSA) is 93.2 Å². The predicted molar refractivity (Wildman–Crippen MR) is 178 cm³/mol. The molecule has 1 aliphatic rings. The summed E-state index contributed by atoms with van der Waals surface area (Å²) in [4.78, 5) is 30.9. The maximum absolute atomic E-state index is 14.1. The Morgan fingerprint density at radius 3 is 2.22 bits per heavy atom. The van der Waals surface area contributed by atoms with Gasteiger partial charge in [-0.1, -0.05) is 59.1 Å². The zero-order valence-electron chi connectivity index (χ0n) is 26.8. The van der Waals surface area contributed by atoms with Gasteiger partial charge in [0.25, 0.3) is 0 Å². The number of rotatable bonds is 14. The van der Waals surface area contributed by atoms with Crippen LogP contribution in [0.3, 0.4) is 0 Å². The van der Waals surface area contributed by atoms with E-state index in [1.54, 1.807) is 48.3 Å². The highest BCUT2D eigenvalue weighted by Crippen LogP contribution is 2.34. The molecule has 3 aromatic carbocycles. The molecule has 10 heteroatoms. The fourth-order valence-electron chi connectivity index (χ4n) is 5.93. The van der Waals surface area contributed by atoms with Crippen molar-refractivity contribution in [2.45, 2.75) is 58.5 Å². The third-order valence-electron chi connectivity index (χ3n) is 8.45. The van der Waals surface area contributed by atoms with Gasteiger partial charge in [-0.2, -0.15) is 0 Å². The lowest BCUT2D eigenvalue weighted by atomic mass is 9.84. The molecule has 1 heterocycles. The minimum absolute atomic E-state index is 0.0424. The Hall–Kier alpha value is -3.56. The fraction of sp³-hybridized carbons (Fsp3) is 0.429. The highest BCUT2D eigenvalue weighted by molar-refractivity contribution is 7.91. The van der Waals surface area contributed by atoms with Crippen molar-refractivity contribution in [2.75, 3.05) is 38.8 Å². The van der Waals surface area contributed by atoms with E-state index >= 15 is 0 Å². The smallest absolute Gasteiger partial charge is 0.248 e. The first-order valence-electron chi connectivity index (χ1n) is 15.2. The van der Waals surface area contributed by atoms with Gasteiger partial charge >= 0.3 is 0 Å². The highest BCUT2D eigenvalue weighted by atomic mass is 35.5. The number of halogens is 1. The second kappa shape index (κ2) is 14.7. The van der Waals surface area contributed by atoms with Crippen molar-refractivity contribution < 1.29 is 27.5 Å². The minimum Gasteiger partial charge on any atom is -0.497 e. The molecule has 0 N–H and O–H groups in total. The number of carbonyl (C=O) groups excluding carboxylic acids is 2. The van der Waals surface area contributed by atoms with Crippen LogP contribution in [0.5, 0.6) is 11.5 Å². The van der Waals surface area contributed by atoms with E-state index in [0.29, 0.717) is 35.9 Å². The van der Waals surface area contributed by atoms with Gasteiger partial charge in [0.15, 0.2) is 9.84 Å². The third kappa shape index (κ3) is 8.79. The number of hydrogen-bond donors (Lipinski definition) is 0. The summed E-state index contributed by atoms with van der Waals surface area (Å²) < 4.78 is 36.8. The highest BCUT2D eigenvalue weighted by Gasteiger charge is 2.50. The number of sulfone groups is 1. The van der Waals surface area contributed by atoms with Crippen LogP contribution in [0, 0.1) is 13.8 Å². The number of hydrogen-bond acceptors (Lipinski definition) is 6. The summed E-state index contributed by atoms with van der Waals surface area (Å²) in [6.45, 7) is 6.84. The number of ether oxygens (including phenoxy) is 2. The summed E-state index contributed by atoms with van der Waals surface area (Å²) in [6.07, 6.45) is 1.34. The molecule has 0 spiro atoms. The number of aryl methyl sites for hydroxylation is 3. The van der Waals surface area contributed by atoms with Crippen molar-refractivity contribution in [2.24, 2.45) is 0 Å². The van der Waals surface area contributed by atoms with E-state index in [0.717, 1.165) is 27.8 Å². The standard InChI is InChI=1S/C35H43ClN2O6S/c1-25-19-26(2)21-28(20-25)22-33(39)38-16-14-35(38,3)34(40)37(24-27-7-10-30(36)11-8-27)15-6-17-45(41,42)18-13-29-9-12-31(43-4)23-32(29)44-5/h7-12,19-21,23H,6,13-18,22,24H2,1-5H3. The predicted octanol–water partition coefficient (Wildman–Crippen LogP) is 5.58. The molecule has 45 heavy (non-hydrogen) atoms. The Bertz CT molecular complexity index is 1610. The van der Waals surface area contributed by atoms with Crippen molar-refractivity contribution in [3.63, 3.8) is 0 Å². The molecule has 3 aromatic rings. The van der Waals surface area contributed by atoms with Crippen LogP contribution in [0.4, 0.5) is 0 Å². The van der Waals surface area contributed by atoms with Crippen LogP contribution in [0.15, 0.2) is 60.7 Å². The molecule has 0 saturated carbocycles. The van der Waals surface area contributed by atoms with Gasteiger partial charge in [-0.05, 0) is 74.9 Å². The van der Waals surface area contributed by atoms with Crippen LogP contribution < -0.4 is 9.47 Å². The first kappa shape index (κ1) is 34.3. The van der Waals surface area contributed by atoms with Gasteiger partial charge < -0.3 is 19.3 Å². The normalized spacial score (nSPS) is 16.2. The molecule has 8 nitrogen and oxygen atoms in total. The molecule has 2 amide bonds. The molecule has 0 aliphatic carbocycles. The number of benzene rings is 3. The molecule has 242 valence electrons. The van der Waals surface area contributed by atoms with Crippen molar-refractivity contribution >= 4 is 33.3 Å². The minimum atomic E-state index is -3.42. The lowest BCUT2D eigenvalue weighted by molar-refractivity contribution is -0.164. The second-order valence-corrected chi connectivity index (χ2v) is 14.8. The van der Waals surface area contributed by atoms with Gasteiger partial charge in [0.2, 0.25) is 11.8 Å². The van der Waals surface area contributed by atoms with Crippen LogP contribution in [-0.2, 0) is 38.8 Å². The molecule has 1 unspecified atom stereocenters. The molecule has 1 saturated heterocycles. The maximum atomic E-state index is 14.1. The van der Waals surface area contributed by atoms with E-state index in [2.05, 4.69) is 6.07 Å². The van der Waals surface area contributed by atoms with Crippen molar-refractivity contribution in [3.05, 3.63) is 93.5 Å². The van der Waals surface area contributed by atoms with E-state index in [9.17, 15) is 18.0 Å². The summed E-state index contributed by atoms with van der Waals surface area (Å²) in [6, 6.07) is 18.6. The van der Waals surface area contributed by atoms with E-state index < -0.39 is 15.4 Å². The molecule has 0 bridgehead atoms. The number of amides is 2. The number of carbonyl (C=O) groups is 2. The lowest BCUT2D eigenvalue weighted by Crippen LogP contribution is -2.68. The Morgan fingerprint density at radius 2 is 1.62 bits per heavy atom. The average molecular weight is 655 g/mol. The number of nitrogens with zero attached hydrogens (tertiary/aromatic N) is 2. The Balaban J connectivity index is 1.44. The van der Waals surface area contributed by atoms with Gasteiger partial charge in [-0.3, -0.25) is 9.59 Å². The number of methoxy groups -OCH3 is 2. The summed E-state index contributed by atoms with van der Waals surface area (Å²) in [7, 11) is -0.316. The molecular weight excluding hydrogens is 612 g/mol. The van der Waals surface area contributed by atoms with Gasteiger partial charge in [0, 0.05) is 30.7 Å². The van der Waals surface area contributed by atoms with Crippen LogP contribution in [-0.4, -0.2) is 74.4 Å². The van der Waals surface area contributed by atoms with Crippen molar-refractivity contribution in [1.29, 1.82) is 0 Å². The molecule has 4 rings (SSSR count). The summed E-state index contributed by atoms with van der Waals surface area (Å²) in [5, 5.41) is 0.588. The molecule has 1 fully saturated rings. The monoisotopic (exact) mass is 654 g/mol. The quantitative estimate of drug-likeness (QED) is 0.225. The molecule has 0 aromatic heterocycles. The summed E-state index contributed by atoms with van der Waals surface area (Å²) >= 11 is 6.09. The van der Waals surface area contributed by atoms with E-state index in [1.165, 1.54) is 0 Å². The van der Waals surface area contributed by atoms with Gasteiger partial charge in [0.1, 0.15) is 17.0 Å². The molecule has 1 aliphatic heterocycles. The maximum Gasteiger partial charge on any atom is 0.248 e. The summed E-state index contributed by atoms with van der Waals surface area (Å²) in [5.74, 6) is 0.827. The molecular formula is C35H43ClN2O6S.